The molecule has 2 rings (SSSR count). The van der Waals surface area contributed by atoms with Crippen molar-refractivity contribution in [3.8, 4) is 0 Å². The number of nitrogens with zero attached hydrogens (tertiary/aromatic N) is 1. The molecular weight excluding hydrogens is 294 g/mol. The van der Waals surface area contributed by atoms with Crippen LogP contribution in [0.1, 0.15) is 25.7 Å². The van der Waals surface area contributed by atoms with E-state index < -0.39 is 10.0 Å². The monoisotopic (exact) mass is 317 g/mol. The fourth-order valence-corrected chi connectivity index (χ4v) is 3.33. The molecule has 1 saturated carbocycles. The third kappa shape index (κ3) is 4.96. The van der Waals surface area contributed by atoms with Gasteiger partial charge in [-0.1, -0.05) is 0 Å². The van der Waals surface area contributed by atoms with Gasteiger partial charge in [-0.3, -0.25) is 9.59 Å². The van der Waals surface area contributed by atoms with Gasteiger partial charge >= 0.3 is 0 Å². The average molecular weight is 317 g/mol. The van der Waals surface area contributed by atoms with Gasteiger partial charge in [0, 0.05) is 38.0 Å². The summed E-state index contributed by atoms with van der Waals surface area (Å²) < 4.78 is 24.2. The number of amides is 2. The topological polar surface area (TPSA) is 95.6 Å². The van der Waals surface area contributed by atoms with Crippen molar-refractivity contribution in [1.82, 2.24) is 14.9 Å². The van der Waals surface area contributed by atoms with Gasteiger partial charge in [-0.2, -0.15) is 0 Å². The first-order valence-electron chi connectivity index (χ1n) is 7.38. The molecule has 0 aromatic carbocycles. The molecule has 0 bridgehead atoms. The first kappa shape index (κ1) is 16.2. The summed E-state index contributed by atoms with van der Waals surface area (Å²) >= 11 is 0. The van der Waals surface area contributed by atoms with Crippen molar-refractivity contribution in [1.29, 1.82) is 0 Å². The summed E-state index contributed by atoms with van der Waals surface area (Å²) in [6.45, 7) is 1.66. The maximum atomic E-state index is 12.0. The Labute approximate surface area is 125 Å². The lowest BCUT2D eigenvalue weighted by Crippen LogP contribution is -2.44. The normalized spacial score (nSPS) is 21.0. The van der Waals surface area contributed by atoms with Crippen molar-refractivity contribution in [2.24, 2.45) is 11.8 Å². The van der Waals surface area contributed by atoms with Crippen molar-refractivity contribution in [2.45, 2.75) is 25.7 Å². The minimum atomic E-state index is -3.15. The minimum Gasteiger partial charge on any atom is -0.354 e. The summed E-state index contributed by atoms with van der Waals surface area (Å²) in [5.41, 5.74) is 0. The van der Waals surface area contributed by atoms with Crippen LogP contribution in [0.3, 0.4) is 0 Å². The molecule has 120 valence electrons. The van der Waals surface area contributed by atoms with E-state index in [9.17, 15) is 18.0 Å². The Kier molecular flexibility index (Phi) is 5.21. The van der Waals surface area contributed by atoms with E-state index in [1.807, 2.05) is 0 Å². The maximum absolute atomic E-state index is 12.0. The molecule has 2 amide bonds. The first-order valence-corrected chi connectivity index (χ1v) is 9.23. The largest absolute Gasteiger partial charge is 0.354 e. The predicted octanol–water partition coefficient (Wildman–Crippen LogP) is -0.700. The summed E-state index contributed by atoms with van der Waals surface area (Å²) in [6, 6.07) is 0. The number of carbonyl (C=O) groups is 2. The molecule has 2 N–H and O–H groups in total. The molecule has 21 heavy (non-hydrogen) atoms. The fraction of sp³-hybridized carbons (Fsp3) is 0.846. The lowest BCUT2D eigenvalue weighted by atomic mass is 9.97. The number of nitrogens with one attached hydrogen (secondary N) is 2. The van der Waals surface area contributed by atoms with Gasteiger partial charge in [0.2, 0.25) is 21.8 Å². The van der Waals surface area contributed by atoms with Crippen LogP contribution in [0.2, 0.25) is 0 Å². The smallest absolute Gasteiger partial charge is 0.223 e. The highest BCUT2D eigenvalue weighted by atomic mass is 32.2. The quantitative estimate of drug-likeness (QED) is 0.633. The summed E-state index contributed by atoms with van der Waals surface area (Å²) in [5, 5.41) is 5.59. The van der Waals surface area contributed by atoms with Gasteiger partial charge in [-0.25, -0.2) is 12.7 Å². The van der Waals surface area contributed by atoms with Crippen LogP contribution in [-0.2, 0) is 19.6 Å². The van der Waals surface area contributed by atoms with Crippen molar-refractivity contribution in [3.05, 3.63) is 0 Å². The molecule has 0 atom stereocenters. The Morgan fingerprint density at radius 3 is 1.76 bits per heavy atom. The van der Waals surface area contributed by atoms with Crippen molar-refractivity contribution < 1.29 is 18.0 Å². The zero-order valence-corrected chi connectivity index (χ0v) is 13.1. The van der Waals surface area contributed by atoms with Crippen LogP contribution in [0.4, 0.5) is 0 Å². The van der Waals surface area contributed by atoms with Gasteiger partial charge in [0.15, 0.2) is 0 Å². The van der Waals surface area contributed by atoms with E-state index in [1.54, 1.807) is 0 Å². The molecule has 7 nitrogen and oxygen atoms in total. The number of piperidine rings is 1. The number of hydrogen-bond donors (Lipinski definition) is 2. The number of sulfonamides is 1. The minimum absolute atomic E-state index is 0.0520. The molecule has 1 saturated heterocycles. The van der Waals surface area contributed by atoms with Crippen LogP contribution in [0, 0.1) is 11.8 Å². The zero-order valence-electron chi connectivity index (χ0n) is 12.3. The van der Waals surface area contributed by atoms with E-state index in [1.165, 1.54) is 10.6 Å². The van der Waals surface area contributed by atoms with Crippen LogP contribution >= 0.6 is 0 Å². The molecule has 0 radical (unpaired) electrons. The van der Waals surface area contributed by atoms with Gasteiger partial charge in [0.05, 0.1) is 6.26 Å². The van der Waals surface area contributed by atoms with E-state index in [0.717, 1.165) is 12.8 Å². The van der Waals surface area contributed by atoms with E-state index in [4.69, 9.17) is 0 Å². The van der Waals surface area contributed by atoms with Crippen LogP contribution < -0.4 is 10.6 Å². The first-order chi connectivity index (χ1) is 9.88. The Morgan fingerprint density at radius 1 is 0.952 bits per heavy atom. The van der Waals surface area contributed by atoms with Gasteiger partial charge in [-0.05, 0) is 25.7 Å². The summed E-state index contributed by atoms with van der Waals surface area (Å²) in [6.07, 6.45) is 4.23. The SMILES string of the molecule is CS(=O)(=O)N1CCC(C(=O)NCCNC(=O)C2CC2)CC1. The molecule has 0 aromatic heterocycles. The average Bonchev–Trinajstić information content (AvgIpc) is 3.27. The lowest BCUT2D eigenvalue weighted by molar-refractivity contribution is -0.126. The van der Waals surface area contributed by atoms with Crippen LogP contribution in [0.5, 0.6) is 0 Å². The van der Waals surface area contributed by atoms with Crippen molar-refractivity contribution >= 4 is 21.8 Å². The fourth-order valence-electron chi connectivity index (χ4n) is 2.46. The number of hydrogen-bond acceptors (Lipinski definition) is 4. The van der Waals surface area contributed by atoms with Gasteiger partial charge in [0.1, 0.15) is 0 Å². The van der Waals surface area contributed by atoms with Crippen molar-refractivity contribution in [2.75, 3.05) is 32.4 Å². The van der Waals surface area contributed by atoms with E-state index in [0.29, 0.717) is 39.0 Å². The van der Waals surface area contributed by atoms with E-state index in [-0.39, 0.29) is 23.7 Å². The molecule has 0 spiro atoms. The Morgan fingerprint density at radius 2 is 1.38 bits per heavy atom. The zero-order chi connectivity index (χ0) is 15.5. The Hall–Kier alpha value is -1.15. The molecule has 2 fully saturated rings. The van der Waals surface area contributed by atoms with Gasteiger partial charge in [0.25, 0.3) is 0 Å². The summed E-state index contributed by atoms with van der Waals surface area (Å²) in [4.78, 5) is 23.3. The second-order valence-corrected chi connectivity index (χ2v) is 7.78. The number of rotatable bonds is 6. The lowest BCUT2D eigenvalue weighted by Gasteiger charge is -2.29. The maximum Gasteiger partial charge on any atom is 0.223 e. The standard InChI is InChI=1S/C13H23N3O4S/c1-21(19,20)16-8-4-11(5-9-16)13(18)15-7-6-14-12(17)10-2-3-10/h10-11H,2-9H2,1H3,(H,14,17)(H,15,18). The highest BCUT2D eigenvalue weighted by molar-refractivity contribution is 7.88. The molecular formula is C13H23N3O4S. The van der Waals surface area contributed by atoms with Crippen molar-refractivity contribution in [3.63, 3.8) is 0 Å². The summed E-state index contributed by atoms with van der Waals surface area (Å²) in [5.74, 6) is 0.0673. The second-order valence-electron chi connectivity index (χ2n) is 5.79. The van der Waals surface area contributed by atoms with Crippen LogP contribution in [0.25, 0.3) is 0 Å². The van der Waals surface area contributed by atoms with E-state index in [2.05, 4.69) is 10.6 Å². The highest BCUT2D eigenvalue weighted by Gasteiger charge is 2.30. The number of carbonyl (C=O) groups excluding carboxylic acids is 2. The van der Waals surface area contributed by atoms with Crippen LogP contribution in [0.15, 0.2) is 0 Å². The molecule has 8 heteroatoms. The molecule has 1 aliphatic heterocycles. The van der Waals surface area contributed by atoms with Gasteiger partial charge in [-0.15, -0.1) is 0 Å². The molecule has 1 aliphatic carbocycles. The Bertz CT molecular complexity index is 494. The molecule has 0 unspecified atom stereocenters. The van der Waals surface area contributed by atoms with E-state index >= 15 is 0 Å². The second kappa shape index (κ2) is 6.74. The molecule has 0 aromatic rings. The van der Waals surface area contributed by atoms with Gasteiger partial charge < -0.3 is 10.6 Å². The Balaban J connectivity index is 1.62. The predicted molar refractivity (Wildman–Crippen MR) is 77.9 cm³/mol. The van der Waals surface area contributed by atoms with Crippen LogP contribution in [-0.4, -0.2) is 57.0 Å². The third-order valence-electron chi connectivity index (χ3n) is 3.97. The molecule has 2 aliphatic rings. The molecule has 1 heterocycles. The highest BCUT2D eigenvalue weighted by Crippen LogP contribution is 2.28. The summed E-state index contributed by atoms with van der Waals surface area (Å²) in [7, 11) is -3.15. The third-order valence-corrected chi connectivity index (χ3v) is 5.27.